The van der Waals surface area contributed by atoms with Gasteiger partial charge in [0.25, 0.3) is 0 Å². The molecule has 26 heavy (non-hydrogen) atoms. The summed E-state index contributed by atoms with van der Waals surface area (Å²) in [5.41, 5.74) is 0.929. The van der Waals surface area contributed by atoms with E-state index in [1.54, 1.807) is 19.3 Å². The summed E-state index contributed by atoms with van der Waals surface area (Å²) in [5, 5.41) is 0. The quantitative estimate of drug-likeness (QED) is 0.559. The first kappa shape index (κ1) is 18.6. The number of rotatable bonds is 6. The number of hydrogen-bond donors (Lipinski definition) is 0. The summed E-state index contributed by atoms with van der Waals surface area (Å²) in [6.45, 7) is 4.97. The average molecular weight is 355 g/mol. The van der Waals surface area contributed by atoms with Crippen LogP contribution in [-0.4, -0.2) is 37.1 Å². The van der Waals surface area contributed by atoms with E-state index in [1.165, 1.54) is 25.7 Å². The van der Waals surface area contributed by atoms with Crippen LogP contribution in [0.5, 0.6) is 11.5 Å². The Hall–Kier alpha value is -2.23. The average Bonchev–Trinajstić information content (AvgIpc) is 2.70. The van der Waals surface area contributed by atoms with E-state index in [4.69, 9.17) is 9.47 Å². The smallest absolute Gasteiger partial charge is 0.246 e. The van der Waals surface area contributed by atoms with Gasteiger partial charge >= 0.3 is 0 Å². The van der Waals surface area contributed by atoms with Gasteiger partial charge in [-0.1, -0.05) is 31.6 Å². The Kier molecular flexibility index (Phi) is 6.37. The number of nitrogens with zero attached hydrogens (tertiary/aromatic N) is 1. The molecule has 1 aromatic carbocycles. The first-order valence-corrected chi connectivity index (χ1v) is 9.63. The monoisotopic (exact) mass is 355 g/mol. The summed E-state index contributed by atoms with van der Waals surface area (Å²) in [4.78, 5) is 14.9. The molecule has 1 aliphatic carbocycles. The molecule has 1 amide bonds. The topological polar surface area (TPSA) is 38.8 Å². The molecule has 4 heteroatoms. The summed E-state index contributed by atoms with van der Waals surface area (Å²) in [6.07, 6.45) is 12.7. The van der Waals surface area contributed by atoms with Crippen LogP contribution in [0.3, 0.4) is 0 Å². The highest BCUT2D eigenvalue weighted by Crippen LogP contribution is 2.35. The van der Waals surface area contributed by atoms with Gasteiger partial charge in [-0.15, -0.1) is 0 Å². The van der Waals surface area contributed by atoms with Crippen LogP contribution in [0.1, 0.15) is 44.1 Å². The zero-order valence-corrected chi connectivity index (χ0v) is 15.7. The van der Waals surface area contributed by atoms with E-state index in [0.717, 1.165) is 24.9 Å². The van der Waals surface area contributed by atoms with E-state index in [0.29, 0.717) is 30.1 Å². The van der Waals surface area contributed by atoms with Crippen LogP contribution < -0.4 is 9.47 Å². The number of ether oxygens (including phenoxy) is 2. The van der Waals surface area contributed by atoms with Crippen molar-refractivity contribution in [3.05, 3.63) is 42.5 Å². The maximum atomic E-state index is 12.8. The van der Waals surface area contributed by atoms with E-state index < -0.39 is 0 Å². The molecule has 0 bridgehead atoms. The third kappa shape index (κ3) is 4.29. The Bertz CT molecular complexity index is 665. The zero-order valence-electron chi connectivity index (χ0n) is 15.7. The van der Waals surface area contributed by atoms with Gasteiger partial charge in [-0.3, -0.25) is 4.79 Å². The maximum Gasteiger partial charge on any atom is 0.246 e. The number of fused-ring (bicyclic) bond motifs is 1. The number of carbonyl (C=O) groups excluding carboxylic acids is 1. The van der Waals surface area contributed by atoms with E-state index in [-0.39, 0.29) is 5.91 Å². The molecule has 1 heterocycles. The van der Waals surface area contributed by atoms with Crippen LogP contribution in [-0.2, 0) is 4.79 Å². The number of benzene rings is 1. The maximum absolute atomic E-state index is 12.8. The second-order valence-corrected chi connectivity index (χ2v) is 7.13. The Morgan fingerprint density at radius 1 is 1.23 bits per heavy atom. The van der Waals surface area contributed by atoms with E-state index in [2.05, 4.69) is 11.5 Å². The van der Waals surface area contributed by atoms with Crippen molar-refractivity contribution in [1.82, 2.24) is 4.90 Å². The first-order valence-electron chi connectivity index (χ1n) is 9.63. The van der Waals surface area contributed by atoms with Gasteiger partial charge in [-0.05, 0) is 55.4 Å². The Morgan fingerprint density at radius 2 is 2.04 bits per heavy atom. The number of piperidine rings is 1. The standard InChI is InChI=1S/C22H29NO3/c1-3-15-26-20-12-10-17(16-21(20)25-2)11-13-22(24)23-14-6-8-18-7-4-5-9-19(18)23/h3,10-13,16,18-19H,1,4-9,14-15H2,2H3/b13-11+. The molecule has 0 spiro atoms. The molecule has 1 saturated heterocycles. The summed E-state index contributed by atoms with van der Waals surface area (Å²) >= 11 is 0. The van der Waals surface area contributed by atoms with Crippen molar-refractivity contribution in [2.24, 2.45) is 5.92 Å². The highest BCUT2D eigenvalue weighted by atomic mass is 16.5. The predicted molar refractivity (Wildman–Crippen MR) is 104 cm³/mol. The van der Waals surface area contributed by atoms with Gasteiger partial charge in [0, 0.05) is 18.7 Å². The minimum absolute atomic E-state index is 0.132. The zero-order chi connectivity index (χ0) is 18.4. The van der Waals surface area contributed by atoms with Crippen molar-refractivity contribution in [3.63, 3.8) is 0 Å². The minimum atomic E-state index is 0.132. The van der Waals surface area contributed by atoms with Crippen LogP contribution >= 0.6 is 0 Å². The molecule has 2 unspecified atom stereocenters. The van der Waals surface area contributed by atoms with Crippen LogP contribution in [0.2, 0.25) is 0 Å². The van der Waals surface area contributed by atoms with Crippen molar-refractivity contribution >= 4 is 12.0 Å². The second-order valence-electron chi connectivity index (χ2n) is 7.13. The summed E-state index contributed by atoms with van der Waals surface area (Å²) in [6, 6.07) is 6.13. The van der Waals surface area contributed by atoms with Gasteiger partial charge in [0.15, 0.2) is 11.5 Å². The fourth-order valence-electron chi connectivity index (χ4n) is 4.22. The van der Waals surface area contributed by atoms with Crippen LogP contribution in [0.15, 0.2) is 36.9 Å². The molecule has 0 aromatic heterocycles. The number of methoxy groups -OCH3 is 1. The molecule has 2 fully saturated rings. The predicted octanol–water partition coefficient (Wildman–Crippen LogP) is 4.45. The van der Waals surface area contributed by atoms with Gasteiger partial charge in [-0.25, -0.2) is 0 Å². The number of hydrogen-bond acceptors (Lipinski definition) is 3. The lowest BCUT2D eigenvalue weighted by Crippen LogP contribution is -2.49. The van der Waals surface area contributed by atoms with Crippen molar-refractivity contribution in [2.75, 3.05) is 20.3 Å². The summed E-state index contributed by atoms with van der Waals surface area (Å²) in [7, 11) is 1.62. The SMILES string of the molecule is C=CCOc1ccc(/C=C/C(=O)N2CCCC3CCCCC32)cc1OC. The lowest BCUT2D eigenvalue weighted by Gasteiger charge is -2.43. The van der Waals surface area contributed by atoms with Gasteiger partial charge < -0.3 is 14.4 Å². The van der Waals surface area contributed by atoms with Crippen molar-refractivity contribution in [2.45, 2.75) is 44.6 Å². The Morgan fingerprint density at radius 3 is 2.85 bits per heavy atom. The fraction of sp³-hybridized carbons (Fsp3) is 0.500. The van der Waals surface area contributed by atoms with Crippen molar-refractivity contribution < 1.29 is 14.3 Å². The van der Waals surface area contributed by atoms with Gasteiger partial charge in [-0.2, -0.15) is 0 Å². The fourth-order valence-corrected chi connectivity index (χ4v) is 4.22. The summed E-state index contributed by atoms with van der Waals surface area (Å²) < 4.78 is 11.0. The molecule has 3 rings (SSSR count). The largest absolute Gasteiger partial charge is 0.493 e. The summed E-state index contributed by atoms with van der Waals surface area (Å²) in [5.74, 6) is 2.17. The lowest BCUT2D eigenvalue weighted by molar-refractivity contribution is -0.132. The molecule has 0 radical (unpaired) electrons. The molecule has 4 nitrogen and oxygen atoms in total. The Balaban J connectivity index is 1.68. The van der Waals surface area contributed by atoms with Crippen LogP contribution in [0.4, 0.5) is 0 Å². The van der Waals surface area contributed by atoms with Crippen LogP contribution in [0, 0.1) is 5.92 Å². The van der Waals surface area contributed by atoms with Crippen molar-refractivity contribution in [1.29, 1.82) is 0 Å². The first-order chi connectivity index (χ1) is 12.7. The third-order valence-corrected chi connectivity index (χ3v) is 5.49. The number of likely N-dealkylation sites (tertiary alicyclic amines) is 1. The molecular weight excluding hydrogens is 326 g/mol. The molecule has 140 valence electrons. The van der Waals surface area contributed by atoms with Crippen molar-refractivity contribution in [3.8, 4) is 11.5 Å². The molecule has 2 aliphatic rings. The van der Waals surface area contributed by atoms with Gasteiger partial charge in [0.2, 0.25) is 5.91 Å². The van der Waals surface area contributed by atoms with Gasteiger partial charge in [0.05, 0.1) is 7.11 Å². The molecule has 1 aliphatic heterocycles. The lowest BCUT2D eigenvalue weighted by atomic mass is 9.78. The highest BCUT2D eigenvalue weighted by molar-refractivity contribution is 5.92. The van der Waals surface area contributed by atoms with E-state index >= 15 is 0 Å². The normalized spacial score (nSPS) is 22.7. The minimum Gasteiger partial charge on any atom is -0.493 e. The van der Waals surface area contributed by atoms with Gasteiger partial charge in [0.1, 0.15) is 6.61 Å². The second kappa shape index (κ2) is 8.93. The molecule has 0 N–H and O–H groups in total. The number of amides is 1. The van der Waals surface area contributed by atoms with E-state index in [9.17, 15) is 4.79 Å². The third-order valence-electron chi connectivity index (χ3n) is 5.49. The Labute approximate surface area is 156 Å². The highest BCUT2D eigenvalue weighted by Gasteiger charge is 2.34. The molecule has 2 atom stereocenters. The van der Waals surface area contributed by atoms with E-state index in [1.807, 2.05) is 24.3 Å². The van der Waals surface area contributed by atoms with Crippen LogP contribution in [0.25, 0.3) is 6.08 Å². The number of carbonyl (C=O) groups is 1. The molecule has 1 aromatic rings. The molecular formula is C22H29NO3. The molecule has 1 saturated carbocycles.